The van der Waals surface area contributed by atoms with Crippen molar-refractivity contribution < 1.29 is 24.8 Å². The summed E-state index contributed by atoms with van der Waals surface area (Å²) in [6, 6.07) is 7.47. The second-order valence-corrected chi connectivity index (χ2v) is 7.69. The first kappa shape index (κ1) is 21.4. The SMILES string of the molecule is CCCC(c1ccc(OC)cc1)[C@@]1(n2cnc3c(N)ncnc32)O[C@H](CO)[C@@H](O)[C@H]1O. The summed E-state index contributed by atoms with van der Waals surface area (Å²) >= 11 is 0. The second-order valence-electron chi connectivity index (χ2n) is 7.69. The third kappa shape index (κ3) is 3.32. The highest BCUT2D eigenvalue weighted by Gasteiger charge is 2.60. The Labute approximate surface area is 179 Å². The van der Waals surface area contributed by atoms with Crippen LogP contribution >= 0.6 is 0 Å². The Bertz CT molecular complexity index is 1040. The number of aromatic nitrogens is 4. The van der Waals surface area contributed by atoms with Gasteiger partial charge in [-0.05, 0) is 24.1 Å². The highest BCUT2D eigenvalue weighted by atomic mass is 16.6. The Kier molecular flexibility index (Phi) is 5.80. The van der Waals surface area contributed by atoms with E-state index in [1.807, 2.05) is 31.2 Å². The summed E-state index contributed by atoms with van der Waals surface area (Å²) in [5.74, 6) is 0.489. The lowest BCUT2D eigenvalue weighted by Gasteiger charge is -2.41. The van der Waals surface area contributed by atoms with Crippen molar-refractivity contribution in [3.63, 3.8) is 0 Å². The summed E-state index contributed by atoms with van der Waals surface area (Å²) in [6.07, 6.45) is 0.539. The fourth-order valence-electron chi connectivity index (χ4n) is 4.48. The number of aliphatic hydroxyl groups excluding tert-OH is 3. The summed E-state index contributed by atoms with van der Waals surface area (Å²) in [5.41, 5.74) is 6.10. The quantitative estimate of drug-likeness (QED) is 0.427. The monoisotopic (exact) mass is 429 g/mol. The Morgan fingerprint density at radius 2 is 1.97 bits per heavy atom. The number of hydrogen-bond donors (Lipinski definition) is 4. The maximum absolute atomic E-state index is 11.3. The van der Waals surface area contributed by atoms with Gasteiger partial charge < -0.3 is 30.5 Å². The van der Waals surface area contributed by atoms with Crippen LogP contribution in [0.1, 0.15) is 31.2 Å². The zero-order chi connectivity index (χ0) is 22.2. The first-order valence-corrected chi connectivity index (χ1v) is 10.2. The summed E-state index contributed by atoms with van der Waals surface area (Å²) in [5, 5.41) is 31.9. The third-order valence-electron chi connectivity index (χ3n) is 5.98. The molecular formula is C21H27N5O5. The fraction of sp³-hybridized carbons (Fsp3) is 0.476. The second kappa shape index (κ2) is 8.39. The molecule has 4 rings (SSSR count). The Balaban J connectivity index is 1.96. The molecule has 1 unspecified atom stereocenters. The van der Waals surface area contributed by atoms with Gasteiger partial charge in [-0.15, -0.1) is 0 Å². The van der Waals surface area contributed by atoms with E-state index in [1.165, 1.54) is 12.7 Å². The minimum Gasteiger partial charge on any atom is -0.497 e. The lowest BCUT2D eigenvalue weighted by molar-refractivity contribution is -0.164. The molecule has 3 heterocycles. The predicted octanol–water partition coefficient (Wildman–Crippen LogP) is 0.767. The molecule has 1 aromatic carbocycles. The van der Waals surface area contributed by atoms with Gasteiger partial charge in [-0.25, -0.2) is 15.0 Å². The molecule has 5 atom stereocenters. The van der Waals surface area contributed by atoms with Crippen molar-refractivity contribution in [3.05, 3.63) is 42.5 Å². The molecule has 0 saturated carbocycles. The van der Waals surface area contributed by atoms with Crippen molar-refractivity contribution in [1.29, 1.82) is 0 Å². The first-order chi connectivity index (χ1) is 15.0. The first-order valence-electron chi connectivity index (χ1n) is 10.2. The molecule has 5 N–H and O–H groups in total. The van der Waals surface area contributed by atoms with Crippen LogP contribution in [0.25, 0.3) is 11.2 Å². The molecule has 0 bridgehead atoms. The number of fused-ring (bicyclic) bond motifs is 1. The van der Waals surface area contributed by atoms with Crippen LogP contribution in [0.4, 0.5) is 5.82 Å². The van der Waals surface area contributed by atoms with Crippen molar-refractivity contribution in [2.45, 2.75) is 49.7 Å². The maximum atomic E-state index is 11.3. The fourth-order valence-corrected chi connectivity index (χ4v) is 4.48. The molecule has 2 aromatic heterocycles. The van der Waals surface area contributed by atoms with Crippen molar-refractivity contribution in [2.24, 2.45) is 0 Å². The lowest BCUT2D eigenvalue weighted by atomic mass is 9.80. The lowest BCUT2D eigenvalue weighted by Crippen LogP contribution is -2.50. The van der Waals surface area contributed by atoms with Gasteiger partial charge in [0.1, 0.15) is 35.9 Å². The molecule has 1 fully saturated rings. The van der Waals surface area contributed by atoms with E-state index in [0.29, 0.717) is 23.3 Å². The van der Waals surface area contributed by atoms with Crippen LogP contribution in [-0.4, -0.2) is 66.9 Å². The van der Waals surface area contributed by atoms with E-state index in [0.717, 1.165) is 12.0 Å². The number of aliphatic hydroxyl groups is 3. The number of benzene rings is 1. The molecule has 0 radical (unpaired) electrons. The Morgan fingerprint density at radius 1 is 1.23 bits per heavy atom. The highest BCUT2D eigenvalue weighted by molar-refractivity contribution is 5.81. The van der Waals surface area contributed by atoms with Crippen LogP contribution in [0, 0.1) is 0 Å². The van der Waals surface area contributed by atoms with Crippen LogP contribution in [0.15, 0.2) is 36.9 Å². The molecule has 10 nitrogen and oxygen atoms in total. The molecule has 0 spiro atoms. The number of nitrogens with two attached hydrogens (primary N) is 1. The molecule has 0 amide bonds. The standard InChI is InChI=1S/C21H27N5O5/c1-3-4-14(12-5-7-13(30-2)8-6-12)21(18(29)17(28)15(9-27)31-21)26-11-25-16-19(22)23-10-24-20(16)26/h5-8,10-11,14-15,17-18,27-29H,3-4,9H2,1-2H3,(H2,22,23,24)/t14?,15-,17-,18-,21-/m1/s1. The smallest absolute Gasteiger partial charge is 0.183 e. The van der Waals surface area contributed by atoms with Gasteiger partial charge in [-0.1, -0.05) is 25.5 Å². The number of nitrogens with zero attached hydrogens (tertiary/aromatic N) is 4. The average molecular weight is 429 g/mol. The molecule has 1 aliphatic heterocycles. The van der Waals surface area contributed by atoms with E-state index >= 15 is 0 Å². The normalized spacial score (nSPS) is 26.9. The van der Waals surface area contributed by atoms with Crippen molar-refractivity contribution >= 4 is 17.0 Å². The average Bonchev–Trinajstić information content (AvgIpc) is 3.34. The largest absolute Gasteiger partial charge is 0.497 e. The van der Waals surface area contributed by atoms with E-state index < -0.39 is 36.6 Å². The van der Waals surface area contributed by atoms with Gasteiger partial charge in [0.2, 0.25) is 0 Å². The van der Waals surface area contributed by atoms with Gasteiger partial charge in [0, 0.05) is 5.92 Å². The van der Waals surface area contributed by atoms with Gasteiger partial charge in [0.25, 0.3) is 0 Å². The van der Waals surface area contributed by atoms with Gasteiger partial charge in [0.15, 0.2) is 17.2 Å². The van der Waals surface area contributed by atoms with Crippen LogP contribution in [0.5, 0.6) is 5.75 Å². The Hall–Kier alpha value is -2.79. The van der Waals surface area contributed by atoms with Crippen LogP contribution in [0.3, 0.4) is 0 Å². The van der Waals surface area contributed by atoms with Gasteiger partial charge in [-0.3, -0.25) is 4.57 Å². The van der Waals surface area contributed by atoms with Crippen molar-refractivity contribution in [1.82, 2.24) is 19.5 Å². The number of hydrogen-bond acceptors (Lipinski definition) is 9. The zero-order valence-electron chi connectivity index (χ0n) is 17.4. The van der Waals surface area contributed by atoms with Gasteiger partial charge >= 0.3 is 0 Å². The molecule has 1 saturated heterocycles. The van der Waals surface area contributed by atoms with E-state index in [1.54, 1.807) is 11.7 Å². The minimum absolute atomic E-state index is 0.196. The minimum atomic E-state index is -1.48. The Morgan fingerprint density at radius 3 is 2.58 bits per heavy atom. The van der Waals surface area contributed by atoms with Gasteiger partial charge in [-0.2, -0.15) is 0 Å². The summed E-state index contributed by atoms with van der Waals surface area (Å²) < 4.78 is 13.2. The molecule has 10 heteroatoms. The van der Waals surface area contributed by atoms with Crippen molar-refractivity contribution in [2.75, 3.05) is 19.5 Å². The number of imidazole rings is 1. The van der Waals surface area contributed by atoms with E-state index in [-0.39, 0.29) is 5.82 Å². The van der Waals surface area contributed by atoms with Crippen molar-refractivity contribution in [3.8, 4) is 5.75 Å². The zero-order valence-corrected chi connectivity index (χ0v) is 17.4. The molecule has 0 aliphatic carbocycles. The van der Waals surface area contributed by atoms with Gasteiger partial charge in [0.05, 0.1) is 20.0 Å². The number of anilines is 1. The highest BCUT2D eigenvalue weighted by Crippen LogP contribution is 2.49. The predicted molar refractivity (Wildman–Crippen MR) is 112 cm³/mol. The molecule has 166 valence electrons. The number of nitrogen functional groups attached to an aromatic ring is 1. The molecular weight excluding hydrogens is 402 g/mol. The molecule has 3 aromatic rings. The topological polar surface area (TPSA) is 149 Å². The molecule has 1 aliphatic rings. The van der Waals surface area contributed by atoms with E-state index in [9.17, 15) is 15.3 Å². The third-order valence-corrected chi connectivity index (χ3v) is 5.98. The summed E-state index contributed by atoms with van der Waals surface area (Å²) in [7, 11) is 1.59. The number of ether oxygens (including phenoxy) is 2. The maximum Gasteiger partial charge on any atom is 0.183 e. The molecule has 31 heavy (non-hydrogen) atoms. The summed E-state index contributed by atoms with van der Waals surface area (Å²) in [4.78, 5) is 12.6. The van der Waals surface area contributed by atoms with Crippen LogP contribution in [-0.2, 0) is 10.5 Å². The van der Waals surface area contributed by atoms with Crippen LogP contribution < -0.4 is 10.5 Å². The summed E-state index contributed by atoms with van der Waals surface area (Å²) in [6.45, 7) is 1.57. The van der Waals surface area contributed by atoms with Crippen LogP contribution in [0.2, 0.25) is 0 Å². The van der Waals surface area contributed by atoms with E-state index in [2.05, 4.69) is 15.0 Å². The number of rotatable bonds is 7. The van der Waals surface area contributed by atoms with E-state index in [4.69, 9.17) is 15.2 Å². The number of methoxy groups -OCH3 is 1.